The van der Waals surface area contributed by atoms with E-state index in [1.54, 1.807) is 12.1 Å². The lowest BCUT2D eigenvalue weighted by Gasteiger charge is -2.04. The fourth-order valence-corrected chi connectivity index (χ4v) is 2.62. The highest BCUT2D eigenvalue weighted by molar-refractivity contribution is 7.99. The number of amides is 1. The molecule has 3 rings (SSSR count). The minimum atomic E-state index is -0.351. The molecule has 0 aliphatic heterocycles. The van der Waals surface area contributed by atoms with Gasteiger partial charge in [0.15, 0.2) is 5.16 Å². The summed E-state index contributed by atoms with van der Waals surface area (Å²) < 4.78 is 1.49. The van der Waals surface area contributed by atoms with E-state index in [9.17, 15) is 9.59 Å². The number of carbonyl (C=O) groups excluding carboxylic acids is 1. The van der Waals surface area contributed by atoms with Crippen LogP contribution in [0.5, 0.6) is 0 Å². The molecule has 112 valence electrons. The Morgan fingerprint density at radius 3 is 2.86 bits per heavy atom. The fraction of sp³-hybridized carbons (Fsp3) is 0.0769. The largest absolute Gasteiger partial charge is 0.385 e. The number of carbonyl (C=O) groups is 1. The highest BCUT2D eigenvalue weighted by Crippen LogP contribution is 2.18. The van der Waals surface area contributed by atoms with Gasteiger partial charge in [-0.05, 0) is 12.1 Å². The predicted molar refractivity (Wildman–Crippen MR) is 83.8 cm³/mol. The summed E-state index contributed by atoms with van der Waals surface area (Å²) in [5.41, 5.74) is 6.16. The summed E-state index contributed by atoms with van der Waals surface area (Å²) in [6.45, 7) is 0. The van der Waals surface area contributed by atoms with Gasteiger partial charge in [-0.25, -0.2) is 4.40 Å². The van der Waals surface area contributed by atoms with Crippen LogP contribution in [0.4, 0.5) is 11.5 Å². The molecule has 0 radical (unpaired) electrons. The highest BCUT2D eigenvalue weighted by atomic mass is 32.2. The molecule has 8 nitrogen and oxygen atoms in total. The summed E-state index contributed by atoms with van der Waals surface area (Å²) in [6.07, 6.45) is 0. The van der Waals surface area contributed by atoms with Gasteiger partial charge in [0.25, 0.3) is 5.56 Å². The average molecular weight is 316 g/mol. The van der Waals surface area contributed by atoms with Crippen molar-refractivity contribution < 1.29 is 4.79 Å². The molecule has 0 saturated heterocycles. The van der Waals surface area contributed by atoms with Gasteiger partial charge in [-0.3, -0.25) is 14.6 Å². The molecule has 0 atom stereocenters. The third-order valence-corrected chi connectivity index (χ3v) is 3.72. The van der Waals surface area contributed by atoms with Gasteiger partial charge in [-0.2, -0.15) is 0 Å². The lowest BCUT2D eigenvalue weighted by atomic mass is 10.3. The molecule has 0 unspecified atom stereocenters. The van der Waals surface area contributed by atoms with Crippen molar-refractivity contribution in [2.45, 2.75) is 5.16 Å². The molecule has 0 aliphatic rings. The van der Waals surface area contributed by atoms with E-state index in [1.165, 1.54) is 22.2 Å². The maximum Gasteiger partial charge on any atom is 0.254 e. The Labute approximate surface area is 128 Å². The van der Waals surface area contributed by atoms with E-state index in [0.717, 1.165) is 5.69 Å². The first-order chi connectivity index (χ1) is 10.6. The van der Waals surface area contributed by atoms with Crippen molar-refractivity contribution in [3.63, 3.8) is 0 Å². The number of anilines is 2. The van der Waals surface area contributed by atoms with Crippen LogP contribution in [-0.2, 0) is 4.79 Å². The Balaban J connectivity index is 1.72. The van der Waals surface area contributed by atoms with Gasteiger partial charge in [0.2, 0.25) is 11.7 Å². The topological polar surface area (TPSA) is 118 Å². The normalized spacial score (nSPS) is 10.7. The molecule has 3 aromatic rings. The lowest BCUT2D eigenvalue weighted by molar-refractivity contribution is -0.113. The first-order valence-electron chi connectivity index (χ1n) is 6.35. The number of aromatic amines is 1. The number of nitrogens with one attached hydrogen (secondary N) is 2. The van der Waals surface area contributed by atoms with Crippen molar-refractivity contribution in [2.75, 3.05) is 16.8 Å². The summed E-state index contributed by atoms with van der Waals surface area (Å²) in [5.74, 6) is 0.440. The summed E-state index contributed by atoms with van der Waals surface area (Å²) in [5, 5.41) is 11.0. The third kappa shape index (κ3) is 2.93. The predicted octanol–water partition coefficient (Wildman–Crippen LogP) is 0.731. The molecule has 0 saturated carbocycles. The molecule has 9 heteroatoms. The average Bonchev–Trinajstić information content (AvgIpc) is 2.89. The second-order valence-electron chi connectivity index (χ2n) is 4.40. The van der Waals surface area contributed by atoms with E-state index < -0.39 is 0 Å². The number of hydrogen-bond acceptors (Lipinski definition) is 6. The number of aromatic nitrogens is 4. The van der Waals surface area contributed by atoms with Gasteiger partial charge in [0, 0.05) is 11.8 Å². The van der Waals surface area contributed by atoms with E-state index in [1.807, 2.05) is 18.2 Å². The summed E-state index contributed by atoms with van der Waals surface area (Å²) in [6, 6.07) is 10.4. The van der Waals surface area contributed by atoms with Gasteiger partial charge < -0.3 is 11.1 Å². The van der Waals surface area contributed by atoms with E-state index in [0.29, 0.717) is 5.16 Å². The zero-order chi connectivity index (χ0) is 15.5. The van der Waals surface area contributed by atoms with Crippen LogP contribution >= 0.6 is 11.8 Å². The molecule has 4 N–H and O–H groups in total. The minimum Gasteiger partial charge on any atom is -0.385 e. The number of nitrogen functional groups attached to an aromatic ring is 1. The number of hydrogen-bond donors (Lipinski definition) is 3. The lowest BCUT2D eigenvalue weighted by Crippen LogP contribution is -2.15. The Hall–Kier alpha value is -2.81. The van der Waals surface area contributed by atoms with Gasteiger partial charge in [0.05, 0.1) is 5.75 Å². The summed E-state index contributed by atoms with van der Waals surface area (Å²) in [4.78, 5) is 25.7. The van der Waals surface area contributed by atoms with Crippen LogP contribution in [0.1, 0.15) is 0 Å². The van der Waals surface area contributed by atoms with E-state index in [-0.39, 0.29) is 28.8 Å². The Kier molecular flexibility index (Phi) is 3.79. The number of H-pyrrole nitrogens is 1. The molecule has 2 heterocycles. The molecular formula is C13H12N6O2S. The quantitative estimate of drug-likeness (QED) is 0.611. The zero-order valence-corrected chi connectivity index (χ0v) is 12.1. The number of fused-ring (bicyclic) bond motifs is 1. The second-order valence-corrected chi connectivity index (χ2v) is 5.35. The van der Waals surface area contributed by atoms with Crippen molar-refractivity contribution in [3.8, 4) is 0 Å². The van der Waals surface area contributed by atoms with Crippen molar-refractivity contribution in [1.82, 2.24) is 19.6 Å². The Morgan fingerprint density at radius 2 is 2.09 bits per heavy atom. The number of para-hydroxylation sites is 1. The van der Waals surface area contributed by atoms with Crippen molar-refractivity contribution >= 4 is 35.0 Å². The molecule has 2 aromatic heterocycles. The zero-order valence-electron chi connectivity index (χ0n) is 11.3. The summed E-state index contributed by atoms with van der Waals surface area (Å²) in [7, 11) is 0. The first-order valence-corrected chi connectivity index (χ1v) is 7.33. The van der Waals surface area contributed by atoms with E-state index >= 15 is 0 Å². The fourth-order valence-electron chi connectivity index (χ4n) is 1.87. The molecule has 0 aliphatic carbocycles. The molecule has 1 amide bonds. The smallest absolute Gasteiger partial charge is 0.254 e. The van der Waals surface area contributed by atoms with Crippen LogP contribution in [-0.4, -0.2) is 31.2 Å². The Bertz CT molecular complexity index is 873. The first kappa shape index (κ1) is 14.1. The monoisotopic (exact) mass is 316 g/mol. The summed E-state index contributed by atoms with van der Waals surface area (Å²) >= 11 is 1.18. The van der Waals surface area contributed by atoms with Crippen LogP contribution in [0.15, 0.2) is 46.3 Å². The third-order valence-electron chi connectivity index (χ3n) is 2.80. The van der Waals surface area contributed by atoms with Crippen molar-refractivity contribution in [2.24, 2.45) is 0 Å². The van der Waals surface area contributed by atoms with Gasteiger partial charge >= 0.3 is 0 Å². The van der Waals surface area contributed by atoms with Crippen LogP contribution in [0.25, 0.3) is 5.78 Å². The maximum atomic E-state index is 11.9. The van der Waals surface area contributed by atoms with Gasteiger partial charge in [0.1, 0.15) is 5.82 Å². The molecule has 22 heavy (non-hydrogen) atoms. The molecule has 1 aromatic carbocycles. The van der Waals surface area contributed by atoms with Gasteiger partial charge in [-0.15, -0.1) is 10.2 Å². The second kappa shape index (κ2) is 5.90. The van der Waals surface area contributed by atoms with Gasteiger partial charge in [-0.1, -0.05) is 30.0 Å². The van der Waals surface area contributed by atoms with E-state index in [4.69, 9.17) is 5.73 Å². The molecule has 0 spiro atoms. The number of thioether (sulfide) groups is 1. The number of nitrogens with zero attached hydrogens (tertiary/aromatic N) is 3. The van der Waals surface area contributed by atoms with Crippen molar-refractivity contribution in [1.29, 1.82) is 0 Å². The maximum absolute atomic E-state index is 11.9. The Morgan fingerprint density at radius 1 is 1.32 bits per heavy atom. The standard InChI is InChI=1S/C13H12N6O2S/c14-9-6-10(20)16-12-17-18-13(19(9)12)22-7-11(21)15-8-4-2-1-3-5-8/h1-6H,7,14H2,(H,15,21)(H,16,17,20). The van der Waals surface area contributed by atoms with Crippen LogP contribution < -0.4 is 16.6 Å². The number of nitrogens with two attached hydrogens (primary N) is 1. The van der Waals surface area contributed by atoms with Crippen LogP contribution in [0.2, 0.25) is 0 Å². The molecule has 0 fully saturated rings. The van der Waals surface area contributed by atoms with Crippen molar-refractivity contribution in [3.05, 3.63) is 46.8 Å². The molecular weight excluding hydrogens is 304 g/mol. The van der Waals surface area contributed by atoms with Crippen LogP contribution in [0, 0.1) is 0 Å². The van der Waals surface area contributed by atoms with Crippen LogP contribution in [0.3, 0.4) is 0 Å². The number of benzene rings is 1. The van der Waals surface area contributed by atoms with E-state index in [2.05, 4.69) is 20.5 Å². The SMILES string of the molecule is Nc1cc(=O)[nH]c2nnc(SCC(=O)Nc3ccccc3)n12. The highest BCUT2D eigenvalue weighted by Gasteiger charge is 2.12. The molecule has 0 bridgehead atoms. The minimum absolute atomic E-state index is 0.147. The number of rotatable bonds is 4.